The lowest BCUT2D eigenvalue weighted by molar-refractivity contribution is -0.116. The lowest BCUT2D eigenvalue weighted by atomic mass is 10.0. The highest BCUT2D eigenvalue weighted by molar-refractivity contribution is 8.00. The van der Waals surface area contributed by atoms with Crippen molar-refractivity contribution in [3.8, 4) is 17.2 Å². The van der Waals surface area contributed by atoms with E-state index in [1.54, 1.807) is 86.3 Å². The van der Waals surface area contributed by atoms with Crippen molar-refractivity contribution < 1.29 is 47.7 Å². The van der Waals surface area contributed by atoms with Crippen LogP contribution in [0.15, 0.2) is 108 Å². The monoisotopic (exact) mass is 892 g/mol. The summed E-state index contributed by atoms with van der Waals surface area (Å²) in [4.78, 5) is 71.0. The summed E-state index contributed by atoms with van der Waals surface area (Å²) in [5, 5.41) is 8.13. The summed E-state index contributed by atoms with van der Waals surface area (Å²) in [5.41, 5.74) is 2.10. The van der Waals surface area contributed by atoms with Gasteiger partial charge in [-0.05, 0) is 92.4 Å². The van der Waals surface area contributed by atoms with Crippen molar-refractivity contribution in [3.63, 3.8) is 0 Å². The van der Waals surface area contributed by atoms with E-state index in [2.05, 4.69) is 16.0 Å². The fraction of sp³-hybridized carbons (Fsp3) is 0.255. The first-order chi connectivity index (χ1) is 30.2. The zero-order valence-corrected chi connectivity index (χ0v) is 37.5. The van der Waals surface area contributed by atoms with Crippen molar-refractivity contribution in [1.29, 1.82) is 0 Å². The van der Waals surface area contributed by atoms with Gasteiger partial charge in [0.15, 0.2) is 11.5 Å². The second-order valence-electron chi connectivity index (χ2n) is 15.1. The van der Waals surface area contributed by atoms with E-state index in [0.29, 0.717) is 68.1 Å². The Morgan fingerprint density at radius 3 is 2.10 bits per heavy atom. The number of amides is 4. The fourth-order valence-electron chi connectivity index (χ4n) is 6.65. The fourth-order valence-corrected chi connectivity index (χ4v) is 8.98. The van der Waals surface area contributed by atoms with Crippen LogP contribution in [-0.2, 0) is 32.0 Å². The summed E-state index contributed by atoms with van der Waals surface area (Å²) in [5.74, 6) is -1.08. The van der Waals surface area contributed by atoms with Crippen LogP contribution < -0.4 is 30.2 Å². The summed E-state index contributed by atoms with van der Waals surface area (Å²) in [7, 11) is 5.72. The molecule has 0 saturated heterocycles. The number of rotatable bonds is 14. The minimum Gasteiger partial charge on any atom is -0.493 e. The van der Waals surface area contributed by atoms with Crippen LogP contribution in [0.4, 0.5) is 15.5 Å². The van der Waals surface area contributed by atoms with Crippen LogP contribution in [0, 0.1) is 0 Å². The first-order valence-electron chi connectivity index (χ1n) is 19.7. The molecule has 4 amide bonds. The Kier molecular flexibility index (Phi) is 14.8. The number of esters is 1. The van der Waals surface area contributed by atoms with Gasteiger partial charge in [0.25, 0.3) is 11.8 Å². The molecule has 0 aliphatic carbocycles. The number of ether oxygens (including phenoxy) is 5. The molecular formula is C47H48N4O10S2. The smallest absolute Gasteiger partial charge is 0.410 e. The molecule has 3 N–H and O–H groups in total. The van der Waals surface area contributed by atoms with Crippen LogP contribution in [0.3, 0.4) is 0 Å². The number of fused-ring (bicyclic) bond motifs is 1. The highest BCUT2D eigenvalue weighted by Crippen LogP contribution is 2.42. The largest absolute Gasteiger partial charge is 0.493 e. The first-order valence-corrected chi connectivity index (χ1v) is 21.4. The van der Waals surface area contributed by atoms with Gasteiger partial charge in [0.05, 0.1) is 40.5 Å². The predicted octanol–water partition coefficient (Wildman–Crippen LogP) is 8.74. The lowest BCUT2D eigenvalue weighted by Crippen LogP contribution is -2.39. The molecule has 1 aliphatic heterocycles. The Bertz CT molecular complexity index is 2490. The van der Waals surface area contributed by atoms with Gasteiger partial charge < -0.3 is 44.5 Å². The maximum Gasteiger partial charge on any atom is 0.410 e. The average molecular weight is 893 g/mol. The lowest BCUT2D eigenvalue weighted by Gasteiger charge is -2.30. The van der Waals surface area contributed by atoms with E-state index in [0.717, 1.165) is 4.88 Å². The molecule has 0 radical (unpaired) electrons. The van der Waals surface area contributed by atoms with Crippen LogP contribution in [0.1, 0.15) is 68.3 Å². The standard InChI is InChI=1S/C47H48N4O10S2/c1-47(2,3)61-46(56)51-22-21-33-37(27-51)63-44(38(33)45(55)60-7)50-43(54)40(29-15-10-8-11-16-29)62-32-20-14-19-31(26-32)48-42(53)34(49-41(52)30-17-12-9-13-18-30)23-28-24-35(57-4)39(59-6)36(25-28)58-5/h8-20,23-26,40H,21-22,27H2,1-7H3,(H,48,53)(H,49,52)(H,50,54)/b34-23+. The van der Waals surface area contributed by atoms with Gasteiger partial charge >= 0.3 is 12.1 Å². The number of anilines is 2. The van der Waals surface area contributed by atoms with Gasteiger partial charge in [-0.2, -0.15) is 0 Å². The predicted molar refractivity (Wildman–Crippen MR) is 243 cm³/mol. The highest BCUT2D eigenvalue weighted by Gasteiger charge is 2.34. The van der Waals surface area contributed by atoms with E-state index >= 15 is 0 Å². The molecule has 63 heavy (non-hydrogen) atoms. The molecule has 4 aromatic carbocycles. The molecule has 1 aromatic heterocycles. The molecule has 328 valence electrons. The molecule has 2 heterocycles. The summed E-state index contributed by atoms with van der Waals surface area (Å²) in [6, 6.07) is 27.9. The second kappa shape index (κ2) is 20.4. The third kappa shape index (κ3) is 11.4. The molecule has 5 aromatic rings. The number of benzene rings is 4. The van der Waals surface area contributed by atoms with E-state index in [9.17, 15) is 24.0 Å². The SMILES string of the molecule is COC(=O)c1c(NC(=O)C(Sc2cccc(NC(=O)/C(=C\c3cc(OC)c(OC)c(OC)c3)NC(=O)c3ccccc3)c2)c2ccccc2)sc2c1CCN(C(=O)OC(C)(C)C)C2. The van der Waals surface area contributed by atoms with Gasteiger partial charge in [-0.25, -0.2) is 9.59 Å². The van der Waals surface area contributed by atoms with Gasteiger partial charge in [-0.3, -0.25) is 14.4 Å². The van der Waals surface area contributed by atoms with Gasteiger partial charge in [-0.15, -0.1) is 23.1 Å². The number of carbonyl (C=O) groups is 5. The third-order valence-electron chi connectivity index (χ3n) is 9.55. The Morgan fingerprint density at radius 2 is 1.48 bits per heavy atom. The van der Waals surface area contributed by atoms with Crippen molar-refractivity contribution in [2.45, 2.75) is 49.5 Å². The normalized spacial score (nSPS) is 12.9. The van der Waals surface area contributed by atoms with Crippen molar-refractivity contribution >= 4 is 69.6 Å². The Labute approximate surface area is 373 Å². The quantitative estimate of drug-likeness (QED) is 0.0553. The van der Waals surface area contributed by atoms with Crippen molar-refractivity contribution in [2.24, 2.45) is 0 Å². The molecule has 0 saturated carbocycles. The zero-order chi connectivity index (χ0) is 45.3. The van der Waals surface area contributed by atoms with Crippen molar-refractivity contribution in [1.82, 2.24) is 10.2 Å². The number of hydrogen-bond donors (Lipinski definition) is 3. The molecule has 0 spiro atoms. The summed E-state index contributed by atoms with van der Waals surface area (Å²) in [6.45, 7) is 5.93. The van der Waals surface area contributed by atoms with Gasteiger partial charge in [-0.1, -0.05) is 54.6 Å². The van der Waals surface area contributed by atoms with Crippen LogP contribution in [0.25, 0.3) is 6.08 Å². The van der Waals surface area contributed by atoms with Crippen LogP contribution in [-0.4, -0.2) is 75.3 Å². The second-order valence-corrected chi connectivity index (χ2v) is 17.4. The maximum atomic E-state index is 14.4. The number of methoxy groups -OCH3 is 4. The Balaban J connectivity index is 1.27. The number of nitrogens with zero attached hydrogens (tertiary/aromatic N) is 1. The van der Waals surface area contributed by atoms with Crippen LogP contribution >= 0.6 is 23.1 Å². The molecule has 1 aliphatic rings. The van der Waals surface area contributed by atoms with Crippen LogP contribution in [0.2, 0.25) is 0 Å². The third-order valence-corrected chi connectivity index (χ3v) is 11.9. The van der Waals surface area contributed by atoms with E-state index in [1.807, 2.05) is 36.4 Å². The number of nitrogens with one attached hydrogen (secondary N) is 3. The van der Waals surface area contributed by atoms with E-state index in [4.69, 9.17) is 23.7 Å². The number of thioether (sulfide) groups is 1. The molecule has 16 heteroatoms. The average Bonchev–Trinajstić information content (AvgIpc) is 3.64. The van der Waals surface area contributed by atoms with Gasteiger partial charge in [0, 0.05) is 27.6 Å². The minimum absolute atomic E-state index is 0.0769. The number of thiophene rings is 1. The molecular weight excluding hydrogens is 845 g/mol. The molecule has 14 nitrogen and oxygen atoms in total. The van der Waals surface area contributed by atoms with E-state index in [1.165, 1.54) is 57.6 Å². The van der Waals surface area contributed by atoms with Crippen molar-refractivity contribution in [3.05, 3.63) is 135 Å². The molecule has 1 unspecified atom stereocenters. The van der Waals surface area contributed by atoms with Crippen LogP contribution in [0.5, 0.6) is 17.2 Å². The van der Waals surface area contributed by atoms with Gasteiger partial charge in [0.2, 0.25) is 11.7 Å². The molecule has 0 fully saturated rings. The number of carbonyl (C=O) groups excluding carboxylic acids is 5. The minimum atomic E-state index is -0.819. The number of hydrogen-bond acceptors (Lipinski definition) is 12. The Hall–Kier alpha value is -6.78. The van der Waals surface area contributed by atoms with Crippen molar-refractivity contribution in [2.75, 3.05) is 45.6 Å². The molecule has 0 bridgehead atoms. The van der Waals surface area contributed by atoms with Gasteiger partial charge in [0.1, 0.15) is 21.5 Å². The molecule has 1 atom stereocenters. The maximum absolute atomic E-state index is 14.4. The highest BCUT2D eigenvalue weighted by atomic mass is 32.2. The van der Waals surface area contributed by atoms with E-state index < -0.39 is 40.6 Å². The topological polar surface area (TPSA) is 171 Å². The summed E-state index contributed by atoms with van der Waals surface area (Å²) in [6.07, 6.45) is 1.40. The zero-order valence-electron chi connectivity index (χ0n) is 35.9. The summed E-state index contributed by atoms with van der Waals surface area (Å²) < 4.78 is 27.2. The summed E-state index contributed by atoms with van der Waals surface area (Å²) >= 11 is 2.46. The first kappa shape index (κ1) is 45.7. The van der Waals surface area contributed by atoms with E-state index in [-0.39, 0.29) is 17.8 Å². The Morgan fingerprint density at radius 1 is 0.810 bits per heavy atom. The molecule has 6 rings (SSSR count).